The van der Waals surface area contributed by atoms with Gasteiger partial charge in [0, 0.05) is 12.2 Å². The van der Waals surface area contributed by atoms with Crippen LogP contribution in [0.2, 0.25) is 0 Å². The van der Waals surface area contributed by atoms with Crippen molar-refractivity contribution in [3.63, 3.8) is 0 Å². The minimum absolute atomic E-state index is 0.0720. The Kier molecular flexibility index (Phi) is 4.87. The molecule has 0 fully saturated rings. The zero-order valence-corrected chi connectivity index (χ0v) is 16.1. The third-order valence-electron chi connectivity index (χ3n) is 5.04. The molecule has 29 heavy (non-hydrogen) atoms. The molecule has 0 spiro atoms. The van der Waals surface area contributed by atoms with Gasteiger partial charge in [0.25, 0.3) is 11.3 Å². The van der Waals surface area contributed by atoms with Gasteiger partial charge in [-0.15, -0.1) is 0 Å². The summed E-state index contributed by atoms with van der Waals surface area (Å²) in [6.45, 7) is 3.98. The summed E-state index contributed by atoms with van der Waals surface area (Å²) in [5.41, 5.74) is 1.07. The summed E-state index contributed by atoms with van der Waals surface area (Å²) < 4.78 is 11.1. The number of ether oxygens (including phenoxy) is 1. The van der Waals surface area contributed by atoms with Crippen LogP contribution in [0.5, 0.6) is 0 Å². The molecule has 1 aliphatic heterocycles. The summed E-state index contributed by atoms with van der Waals surface area (Å²) in [5, 5.41) is 3.53. The average Bonchev–Trinajstić information content (AvgIpc) is 3.18. The molecule has 3 heterocycles. The number of para-hydroxylation sites is 1. The predicted molar refractivity (Wildman–Crippen MR) is 104 cm³/mol. The van der Waals surface area contributed by atoms with Gasteiger partial charge < -0.3 is 14.2 Å². The second-order valence-electron chi connectivity index (χ2n) is 6.79. The topological polar surface area (TPSA) is 108 Å². The number of aromatic nitrogens is 3. The van der Waals surface area contributed by atoms with Gasteiger partial charge in [-0.25, -0.2) is 9.78 Å². The Bertz CT molecular complexity index is 1150. The Balaban J connectivity index is 1.72. The highest BCUT2D eigenvalue weighted by Crippen LogP contribution is 2.28. The zero-order valence-electron chi connectivity index (χ0n) is 16.1. The molecule has 0 unspecified atom stereocenters. The fourth-order valence-electron chi connectivity index (χ4n) is 3.58. The van der Waals surface area contributed by atoms with Crippen molar-refractivity contribution in [2.75, 3.05) is 18.1 Å². The Labute approximate surface area is 165 Å². The van der Waals surface area contributed by atoms with E-state index in [0.29, 0.717) is 6.54 Å². The number of hydrogen-bond donors (Lipinski definition) is 0. The Morgan fingerprint density at radius 3 is 2.90 bits per heavy atom. The van der Waals surface area contributed by atoms with Crippen LogP contribution in [0.3, 0.4) is 0 Å². The second kappa shape index (κ2) is 7.50. The predicted octanol–water partition coefficient (Wildman–Crippen LogP) is 2.10. The lowest BCUT2D eigenvalue weighted by Crippen LogP contribution is -2.42. The van der Waals surface area contributed by atoms with Crippen molar-refractivity contribution in [1.29, 1.82) is 0 Å². The molecule has 1 aliphatic rings. The van der Waals surface area contributed by atoms with Crippen molar-refractivity contribution in [2.24, 2.45) is 0 Å². The smallest absolute Gasteiger partial charge is 0.361 e. The van der Waals surface area contributed by atoms with Crippen molar-refractivity contribution in [1.82, 2.24) is 14.7 Å². The molecule has 0 N–H and O–H groups in total. The quantitative estimate of drug-likeness (QED) is 0.622. The summed E-state index contributed by atoms with van der Waals surface area (Å²) in [4.78, 5) is 44.1. The van der Waals surface area contributed by atoms with E-state index in [2.05, 4.69) is 10.1 Å². The summed E-state index contributed by atoms with van der Waals surface area (Å²) in [7, 11) is 0. The third kappa shape index (κ3) is 3.18. The normalized spacial score (nSPS) is 14.5. The van der Waals surface area contributed by atoms with Crippen LogP contribution >= 0.6 is 0 Å². The van der Waals surface area contributed by atoms with Crippen LogP contribution in [0, 0.1) is 0 Å². The zero-order chi connectivity index (χ0) is 20.5. The van der Waals surface area contributed by atoms with Crippen LogP contribution < -0.4 is 10.5 Å². The van der Waals surface area contributed by atoms with Gasteiger partial charge in [0.1, 0.15) is 17.8 Å². The maximum absolute atomic E-state index is 13.2. The number of carbonyl (C=O) groups excluding carboxylic acids is 2. The molecule has 0 aliphatic carbocycles. The first-order valence-electron chi connectivity index (χ1n) is 9.45. The summed E-state index contributed by atoms with van der Waals surface area (Å²) in [5.74, 6) is -0.999. The highest BCUT2D eigenvalue weighted by atomic mass is 16.5. The van der Waals surface area contributed by atoms with Gasteiger partial charge in [0.15, 0.2) is 0 Å². The standard InChI is InChI=1S/C20H20N4O5/c1-3-28-20(27)16-15-17(29-22-16)21-11-24(19(15)26)12(2)18(25)23-10-6-8-13-7-4-5-9-14(13)23/h4-5,7,9,11-12H,3,6,8,10H2,1-2H3/t12-/m0/s1. The van der Waals surface area contributed by atoms with Crippen LogP contribution in [0.25, 0.3) is 11.1 Å². The molecule has 0 saturated heterocycles. The number of benzene rings is 1. The molecule has 1 atom stereocenters. The fraction of sp³-hybridized carbons (Fsp3) is 0.350. The number of fused-ring (bicyclic) bond motifs is 2. The Hall–Kier alpha value is -3.49. The molecule has 150 valence electrons. The molecule has 9 nitrogen and oxygen atoms in total. The molecule has 1 amide bonds. The van der Waals surface area contributed by atoms with E-state index in [1.165, 1.54) is 10.9 Å². The summed E-state index contributed by atoms with van der Waals surface area (Å²) >= 11 is 0. The lowest BCUT2D eigenvalue weighted by atomic mass is 10.0. The number of rotatable bonds is 4. The second-order valence-corrected chi connectivity index (χ2v) is 6.79. The van der Waals surface area contributed by atoms with Gasteiger partial charge in [-0.05, 0) is 38.3 Å². The highest BCUT2D eigenvalue weighted by molar-refractivity contribution is 6.00. The van der Waals surface area contributed by atoms with Crippen LogP contribution in [0.15, 0.2) is 39.9 Å². The molecule has 0 saturated carbocycles. The van der Waals surface area contributed by atoms with Gasteiger partial charge in [0.2, 0.25) is 11.6 Å². The number of hydrogen-bond acceptors (Lipinski definition) is 7. The van der Waals surface area contributed by atoms with Crippen molar-refractivity contribution < 1.29 is 18.8 Å². The van der Waals surface area contributed by atoms with Gasteiger partial charge in [0.05, 0.1) is 6.61 Å². The molecular formula is C20H20N4O5. The molecule has 0 bridgehead atoms. The minimum Gasteiger partial charge on any atom is -0.461 e. The number of esters is 1. The lowest BCUT2D eigenvalue weighted by Gasteiger charge is -2.31. The van der Waals surface area contributed by atoms with Gasteiger partial charge in [-0.2, -0.15) is 0 Å². The maximum atomic E-state index is 13.2. The van der Waals surface area contributed by atoms with E-state index >= 15 is 0 Å². The largest absolute Gasteiger partial charge is 0.461 e. The Morgan fingerprint density at radius 1 is 1.31 bits per heavy atom. The molecule has 1 aromatic carbocycles. The lowest BCUT2D eigenvalue weighted by molar-refractivity contribution is -0.121. The van der Waals surface area contributed by atoms with Crippen LogP contribution in [-0.2, 0) is 16.0 Å². The van der Waals surface area contributed by atoms with Gasteiger partial charge >= 0.3 is 5.97 Å². The third-order valence-corrected chi connectivity index (χ3v) is 5.04. The molecule has 9 heteroatoms. The maximum Gasteiger partial charge on any atom is 0.361 e. The van der Waals surface area contributed by atoms with E-state index in [4.69, 9.17) is 9.26 Å². The van der Waals surface area contributed by atoms with Crippen LogP contribution in [0.4, 0.5) is 5.69 Å². The first-order valence-corrected chi connectivity index (χ1v) is 9.45. The van der Waals surface area contributed by atoms with Crippen molar-refractivity contribution in [2.45, 2.75) is 32.7 Å². The van der Waals surface area contributed by atoms with Gasteiger partial charge in [-0.3, -0.25) is 14.2 Å². The van der Waals surface area contributed by atoms with Crippen molar-refractivity contribution in [3.05, 3.63) is 52.2 Å². The number of amides is 1. The number of aryl methyl sites for hydroxylation is 1. The number of anilines is 1. The molecule has 0 radical (unpaired) electrons. The molecular weight excluding hydrogens is 376 g/mol. The number of carbonyl (C=O) groups is 2. The highest BCUT2D eigenvalue weighted by Gasteiger charge is 2.29. The van der Waals surface area contributed by atoms with Crippen LogP contribution in [-0.4, -0.2) is 39.7 Å². The average molecular weight is 396 g/mol. The van der Waals surface area contributed by atoms with E-state index < -0.39 is 17.6 Å². The van der Waals surface area contributed by atoms with E-state index in [1.807, 2.05) is 24.3 Å². The van der Waals surface area contributed by atoms with E-state index in [9.17, 15) is 14.4 Å². The minimum atomic E-state index is -0.824. The fourth-order valence-corrected chi connectivity index (χ4v) is 3.58. The van der Waals surface area contributed by atoms with E-state index in [0.717, 1.165) is 24.1 Å². The van der Waals surface area contributed by atoms with Gasteiger partial charge in [-0.1, -0.05) is 23.4 Å². The Morgan fingerprint density at radius 2 is 2.10 bits per heavy atom. The number of nitrogens with zero attached hydrogens (tertiary/aromatic N) is 4. The van der Waals surface area contributed by atoms with Crippen molar-refractivity contribution >= 4 is 28.7 Å². The van der Waals surface area contributed by atoms with Crippen molar-refractivity contribution in [3.8, 4) is 0 Å². The van der Waals surface area contributed by atoms with E-state index in [-0.39, 0.29) is 29.3 Å². The SMILES string of the molecule is CCOC(=O)c1noc2ncn([C@@H](C)C(=O)N3CCCc4ccccc43)c(=O)c12. The molecule has 3 aromatic rings. The van der Waals surface area contributed by atoms with E-state index in [1.54, 1.807) is 18.7 Å². The van der Waals surface area contributed by atoms with Crippen LogP contribution in [0.1, 0.15) is 42.4 Å². The summed E-state index contributed by atoms with van der Waals surface area (Å²) in [6, 6.07) is 6.92. The summed E-state index contributed by atoms with van der Waals surface area (Å²) in [6.07, 6.45) is 2.99. The monoisotopic (exact) mass is 396 g/mol. The molecule has 2 aromatic heterocycles. The first kappa shape index (κ1) is 18.9. The molecule has 4 rings (SSSR count). The first-order chi connectivity index (χ1) is 14.0.